The van der Waals surface area contributed by atoms with Gasteiger partial charge in [0.15, 0.2) is 13.2 Å². The molecule has 0 aromatic heterocycles. The molecular formula is C26H26F6N2O5. The summed E-state index contributed by atoms with van der Waals surface area (Å²) in [7, 11) is 0. The number of aliphatic hydroxyl groups is 1. The third kappa shape index (κ3) is 6.75. The molecule has 3 saturated carbocycles. The average Bonchev–Trinajstić information content (AvgIpc) is 2.87. The minimum absolute atomic E-state index is 0.0868. The molecule has 0 radical (unpaired) electrons. The number of nitrogens with one attached hydrogen (secondary N) is 2. The van der Waals surface area contributed by atoms with Gasteiger partial charge in [0, 0.05) is 5.54 Å². The van der Waals surface area contributed by atoms with E-state index in [1.54, 1.807) is 0 Å². The molecule has 3 aliphatic rings. The van der Waals surface area contributed by atoms with Gasteiger partial charge in [-0.25, -0.2) is 0 Å². The first-order valence-corrected chi connectivity index (χ1v) is 12.1. The zero-order chi connectivity index (χ0) is 28.5. The van der Waals surface area contributed by atoms with E-state index in [2.05, 4.69) is 10.6 Å². The van der Waals surface area contributed by atoms with Crippen molar-refractivity contribution in [3.8, 4) is 11.5 Å². The summed E-state index contributed by atoms with van der Waals surface area (Å²) in [5, 5.41) is 16.5. The fourth-order valence-electron chi connectivity index (χ4n) is 5.09. The number of amides is 2. The Labute approximate surface area is 219 Å². The van der Waals surface area contributed by atoms with E-state index in [1.807, 2.05) is 0 Å². The molecule has 7 nitrogen and oxygen atoms in total. The number of aliphatic hydroxyl groups excluding tert-OH is 1. The van der Waals surface area contributed by atoms with Crippen LogP contribution in [0.2, 0.25) is 0 Å². The van der Waals surface area contributed by atoms with Gasteiger partial charge in [0.2, 0.25) is 0 Å². The predicted octanol–water partition coefficient (Wildman–Crippen LogP) is 4.23. The number of carbonyl (C=O) groups excluding carboxylic acids is 2. The smallest absolute Gasteiger partial charge is 0.416 e. The molecule has 1 atom stereocenters. The summed E-state index contributed by atoms with van der Waals surface area (Å²) in [6.07, 6.45) is -8.15. The molecule has 2 aromatic carbocycles. The quantitative estimate of drug-likeness (QED) is 0.420. The van der Waals surface area contributed by atoms with Crippen LogP contribution >= 0.6 is 0 Å². The van der Waals surface area contributed by atoms with E-state index in [0.717, 1.165) is 48.5 Å². The largest absolute Gasteiger partial charge is 0.484 e. The second-order valence-electron chi connectivity index (χ2n) is 9.87. The number of benzene rings is 2. The Hall–Kier alpha value is -3.48. The number of hydrogen-bond acceptors (Lipinski definition) is 5. The Balaban J connectivity index is 1.25. The second kappa shape index (κ2) is 10.6. The number of alkyl halides is 6. The molecule has 2 aromatic rings. The van der Waals surface area contributed by atoms with Gasteiger partial charge in [-0.1, -0.05) is 0 Å². The zero-order valence-electron chi connectivity index (χ0n) is 20.5. The highest BCUT2D eigenvalue weighted by molar-refractivity contribution is 5.79. The van der Waals surface area contributed by atoms with Crippen LogP contribution in [0.5, 0.6) is 11.5 Å². The maximum atomic E-state index is 12.7. The number of ether oxygens (including phenoxy) is 2. The van der Waals surface area contributed by atoms with Gasteiger partial charge >= 0.3 is 12.4 Å². The van der Waals surface area contributed by atoms with Crippen molar-refractivity contribution in [1.29, 1.82) is 0 Å². The predicted molar refractivity (Wildman–Crippen MR) is 125 cm³/mol. The van der Waals surface area contributed by atoms with Gasteiger partial charge in [0.1, 0.15) is 11.5 Å². The summed E-state index contributed by atoms with van der Waals surface area (Å²) in [5.74, 6) is -0.852. The molecule has 0 unspecified atom stereocenters. The molecule has 39 heavy (non-hydrogen) atoms. The third-order valence-corrected chi connectivity index (χ3v) is 7.22. The molecule has 13 heteroatoms. The van der Waals surface area contributed by atoms with Crippen LogP contribution in [-0.4, -0.2) is 47.3 Å². The average molecular weight is 560 g/mol. The summed E-state index contributed by atoms with van der Waals surface area (Å²) in [4.78, 5) is 25.0. The van der Waals surface area contributed by atoms with Crippen molar-refractivity contribution in [2.75, 3.05) is 13.2 Å². The van der Waals surface area contributed by atoms with Crippen LogP contribution in [0.25, 0.3) is 0 Å². The first-order chi connectivity index (χ1) is 18.2. The van der Waals surface area contributed by atoms with E-state index >= 15 is 0 Å². The Morgan fingerprint density at radius 2 is 1.15 bits per heavy atom. The van der Waals surface area contributed by atoms with Gasteiger partial charge < -0.3 is 25.2 Å². The topological polar surface area (TPSA) is 96.9 Å². The molecule has 5 rings (SSSR count). The van der Waals surface area contributed by atoms with Crippen LogP contribution in [0.1, 0.15) is 43.2 Å². The fraction of sp³-hybridized carbons (Fsp3) is 0.462. The van der Waals surface area contributed by atoms with Crippen LogP contribution in [0.15, 0.2) is 48.5 Å². The molecular weight excluding hydrogens is 534 g/mol. The van der Waals surface area contributed by atoms with Crippen LogP contribution in [0.4, 0.5) is 26.3 Å². The van der Waals surface area contributed by atoms with Crippen molar-refractivity contribution < 1.29 is 50.5 Å². The van der Waals surface area contributed by atoms with Gasteiger partial charge in [-0.05, 0) is 80.6 Å². The molecule has 0 heterocycles. The van der Waals surface area contributed by atoms with Crippen molar-refractivity contribution in [1.82, 2.24) is 10.6 Å². The molecule has 3 fully saturated rings. The van der Waals surface area contributed by atoms with Crippen molar-refractivity contribution in [2.45, 2.75) is 61.6 Å². The highest BCUT2D eigenvalue weighted by Gasteiger charge is 2.55. The summed E-state index contributed by atoms with van der Waals surface area (Å²) in [6.45, 7) is -0.880. The first-order valence-electron chi connectivity index (χ1n) is 12.1. The van der Waals surface area contributed by atoms with E-state index in [4.69, 9.17) is 9.47 Å². The van der Waals surface area contributed by atoms with Crippen LogP contribution in [-0.2, 0) is 21.9 Å². The molecule has 212 valence electrons. The van der Waals surface area contributed by atoms with E-state index in [9.17, 15) is 41.0 Å². The highest BCUT2D eigenvalue weighted by atomic mass is 19.4. The molecule has 3 aliphatic carbocycles. The first kappa shape index (κ1) is 28.5. The van der Waals surface area contributed by atoms with Gasteiger partial charge in [0.25, 0.3) is 11.8 Å². The monoisotopic (exact) mass is 560 g/mol. The second-order valence-corrected chi connectivity index (χ2v) is 9.87. The Morgan fingerprint density at radius 3 is 1.54 bits per heavy atom. The molecule has 0 aliphatic heterocycles. The number of fused-ring (bicyclic) bond motifs is 3. The molecule has 2 amide bonds. The number of rotatable bonds is 8. The number of carbonyl (C=O) groups is 2. The normalized spacial score (nSPS) is 24.6. The summed E-state index contributed by atoms with van der Waals surface area (Å²) >= 11 is 0. The van der Waals surface area contributed by atoms with Gasteiger partial charge in [0.05, 0.1) is 22.8 Å². The molecule has 2 bridgehead atoms. The number of halogens is 6. The van der Waals surface area contributed by atoms with Gasteiger partial charge in [-0.2, -0.15) is 26.3 Å². The minimum Gasteiger partial charge on any atom is -0.484 e. The van der Waals surface area contributed by atoms with Gasteiger partial charge in [-0.15, -0.1) is 0 Å². The molecule has 0 saturated heterocycles. The van der Waals surface area contributed by atoms with Crippen LogP contribution in [0.3, 0.4) is 0 Å². The van der Waals surface area contributed by atoms with E-state index in [0.29, 0.717) is 25.7 Å². The van der Waals surface area contributed by atoms with E-state index in [1.165, 1.54) is 0 Å². The summed E-state index contributed by atoms with van der Waals surface area (Å²) in [6, 6.07) is 7.88. The maximum Gasteiger partial charge on any atom is 0.416 e. The lowest BCUT2D eigenvalue weighted by Gasteiger charge is -2.56. The van der Waals surface area contributed by atoms with E-state index < -0.39 is 65.7 Å². The lowest BCUT2D eigenvalue weighted by atomic mass is 9.60. The fourth-order valence-corrected chi connectivity index (χ4v) is 5.09. The maximum absolute atomic E-state index is 12.7. The lowest BCUT2D eigenvalue weighted by molar-refractivity contribution is -0.138. The van der Waals surface area contributed by atoms with Crippen molar-refractivity contribution >= 4 is 11.8 Å². The lowest BCUT2D eigenvalue weighted by Crippen LogP contribution is -2.70. The Morgan fingerprint density at radius 1 is 0.744 bits per heavy atom. The van der Waals surface area contributed by atoms with E-state index in [-0.39, 0.29) is 17.9 Å². The van der Waals surface area contributed by atoms with Crippen molar-refractivity contribution in [3.05, 3.63) is 59.7 Å². The Kier molecular flexibility index (Phi) is 7.75. The van der Waals surface area contributed by atoms with Crippen LogP contribution in [0, 0.1) is 0 Å². The SMILES string of the molecule is O=C(COc1ccc(C(F)(F)F)cc1)NC12CCC(NC(=O)COc3ccc(C(F)(F)F)cc3)(CC1)[C@@H](O)C2. The molecule has 0 spiro atoms. The Bertz CT molecular complexity index is 1170. The third-order valence-electron chi connectivity index (χ3n) is 7.22. The standard InChI is InChI=1S/C26H26F6N2O5/c27-25(28,29)16-1-5-18(6-2-16)38-14-21(36)33-23-9-11-24(12-10-23,20(35)13-23)34-22(37)15-39-19-7-3-17(4-8-19)26(30,31)32/h1-8,20,35H,9-15H2,(H,33,36)(H,34,37)/t20-,23?,24?/m0/s1. The van der Waals surface area contributed by atoms with Crippen molar-refractivity contribution in [2.24, 2.45) is 0 Å². The number of hydrogen-bond donors (Lipinski definition) is 3. The zero-order valence-corrected chi connectivity index (χ0v) is 20.5. The summed E-state index contributed by atoms with van der Waals surface area (Å²) < 4.78 is 86.6. The molecule has 3 N–H and O–H groups in total. The van der Waals surface area contributed by atoms with Crippen LogP contribution < -0.4 is 20.1 Å². The highest BCUT2D eigenvalue weighted by Crippen LogP contribution is 2.47. The van der Waals surface area contributed by atoms with Gasteiger partial charge in [-0.3, -0.25) is 9.59 Å². The minimum atomic E-state index is -4.49. The van der Waals surface area contributed by atoms with Crippen molar-refractivity contribution in [3.63, 3.8) is 0 Å². The summed E-state index contributed by atoms with van der Waals surface area (Å²) in [5.41, 5.74) is -3.32.